The first-order valence-electron chi connectivity index (χ1n) is 7.31. The number of carboxylic acid groups (broad SMARTS) is 1. The second-order valence-corrected chi connectivity index (χ2v) is 5.42. The zero-order valence-electron chi connectivity index (χ0n) is 12.5. The molecule has 1 N–H and O–H groups in total. The maximum atomic E-state index is 11.5. The number of carbonyl (C=O) groups is 1. The van der Waals surface area contributed by atoms with Crippen LogP contribution in [-0.4, -0.2) is 17.7 Å². The van der Waals surface area contributed by atoms with Gasteiger partial charge in [0.05, 0.1) is 12.5 Å². The molecule has 0 saturated heterocycles. The molecule has 3 nitrogen and oxygen atoms in total. The Morgan fingerprint density at radius 2 is 1.86 bits per heavy atom. The maximum absolute atomic E-state index is 11.5. The number of halogens is 1. The van der Waals surface area contributed by atoms with Crippen molar-refractivity contribution in [1.82, 2.24) is 0 Å². The fourth-order valence-corrected chi connectivity index (χ4v) is 2.66. The summed E-state index contributed by atoms with van der Waals surface area (Å²) in [5.74, 6) is -0.740. The summed E-state index contributed by atoms with van der Waals surface area (Å²) in [5.41, 5.74) is 1.75. The molecule has 0 radical (unpaired) electrons. The Kier molecular flexibility index (Phi) is 5.84. The number of aryl methyl sites for hydroxylation is 1. The van der Waals surface area contributed by atoms with Crippen molar-refractivity contribution >= 4 is 17.6 Å². The number of para-hydroxylation sites is 1. The molecule has 0 heterocycles. The molecule has 0 amide bonds. The van der Waals surface area contributed by atoms with Gasteiger partial charge in [-0.25, -0.2) is 0 Å². The summed E-state index contributed by atoms with van der Waals surface area (Å²) in [7, 11) is 0. The third-order valence-electron chi connectivity index (χ3n) is 3.60. The summed E-state index contributed by atoms with van der Waals surface area (Å²) in [5, 5.41) is 9.91. The molecule has 0 aliphatic heterocycles. The normalized spacial score (nSPS) is 11.9. The third kappa shape index (κ3) is 4.01. The lowest BCUT2D eigenvalue weighted by Gasteiger charge is -2.16. The van der Waals surface area contributed by atoms with Crippen LogP contribution in [0.2, 0.25) is 5.02 Å². The van der Waals surface area contributed by atoms with Crippen LogP contribution in [0.15, 0.2) is 48.5 Å². The number of rotatable bonds is 7. The molecule has 0 bridgehead atoms. The van der Waals surface area contributed by atoms with Gasteiger partial charge in [0.15, 0.2) is 0 Å². The molecular weight excluding hydrogens is 300 g/mol. The molecular formula is C18H19ClO3. The minimum atomic E-state index is -0.888. The molecule has 0 aromatic heterocycles. The van der Waals surface area contributed by atoms with Gasteiger partial charge in [0.1, 0.15) is 5.75 Å². The van der Waals surface area contributed by atoms with Gasteiger partial charge in [-0.1, -0.05) is 54.9 Å². The van der Waals surface area contributed by atoms with Gasteiger partial charge < -0.3 is 9.84 Å². The van der Waals surface area contributed by atoms with Crippen molar-refractivity contribution in [2.45, 2.75) is 25.7 Å². The first-order valence-corrected chi connectivity index (χ1v) is 7.69. The van der Waals surface area contributed by atoms with E-state index in [0.717, 1.165) is 17.7 Å². The average molecular weight is 319 g/mol. The third-order valence-corrected chi connectivity index (χ3v) is 3.94. The molecule has 4 heteroatoms. The minimum absolute atomic E-state index is 0.333. The largest absolute Gasteiger partial charge is 0.493 e. The van der Waals surface area contributed by atoms with Crippen molar-refractivity contribution in [3.8, 4) is 5.75 Å². The van der Waals surface area contributed by atoms with E-state index < -0.39 is 11.9 Å². The van der Waals surface area contributed by atoms with E-state index in [1.807, 2.05) is 24.3 Å². The lowest BCUT2D eigenvalue weighted by molar-refractivity contribution is -0.139. The summed E-state index contributed by atoms with van der Waals surface area (Å²) < 4.78 is 5.76. The van der Waals surface area contributed by atoms with Crippen molar-refractivity contribution in [2.24, 2.45) is 0 Å². The zero-order valence-corrected chi connectivity index (χ0v) is 13.2. The number of hydrogen-bond donors (Lipinski definition) is 1. The van der Waals surface area contributed by atoms with Crippen LogP contribution in [0.4, 0.5) is 0 Å². The van der Waals surface area contributed by atoms with Crippen LogP contribution in [0.5, 0.6) is 5.75 Å². The van der Waals surface area contributed by atoms with Crippen molar-refractivity contribution in [2.75, 3.05) is 6.61 Å². The summed E-state index contributed by atoms with van der Waals surface area (Å²) in [6, 6.07) is 14.8. The van der Waals surface area contributed by atoms with Gasteiger partial charge in [0, 0.05) is 5.02 Å². The number of ether oxygens (including phenoxy) is 1. The van der Waals surface area contributed by atoms with Gasteiger partial charge >= 0.3 is 5.97 Å². The van der Waals surface area contributed by atoms with E-state index >= 15 is 0 Å². The van der Waals surface area contributed by atoms with Gasteiger partial charge in [-0.3, -0.25) is 4.79 Å². The Morgan fingerprint density at radius 1 is 1.18 bits per heavy atom. The van der Waals surface area contributed by atoms with Crippen LogP contribution >= 0.6 is 11.6 Å². The van der Waals surface area contributed by atoms with Gasteiger partial charge in [-0.15, -0.1) is 0 Å². The molecule has 1 unspecified atom stereocenters. The second-order valence-electron chi connectivity index (χ2n) is 5.01. The van der Waals surface area contributed by atoms with Crippen LogP contribution in [0, 0.1) is 0 Å². The Hall–Kier alpha value is -2.00. The molecule has 116 valence electrons. The van der Waals surface area contributed by atoms with Crippen molar-refractivity contribution in [3.63, 3.8) is 0 Å². The first kappa shape index (κ1) is 16.4. The van der Waals surface area contributed by atoms with E-state index in [0.29, 0.717) is 23.6 Å². The maximum Gasteiger partial charge on any atom is 0.311 e. The van der Waals surface area contributed by atoms with Gasteiger partial charge in [-0.05, 0) is 36.1 Å². The topological polar surface area (TPSA) is 46.5 Å². The highest BCUT2D eigenvalue weighted by molar-refractivity contribution is 6.31. The molecule has 2 rings (SSSR count). The standard InChI is InChI=1S/C18H19ClO3/c1-2-13-7-3-6-10-17(13)22-12-11-15(18(20)21)14-8-4-5-9-16(14)19/h3-10,15H,2,11-12H2,1H3,(H,20,21). The Bertz CT molecular complexity index is 640. The fraction of sp³-hybridized carbons (Fsp3) is 0.278. The Balaban J connectivity index is 2.04. The number of carboxylic acids is 1. The predicted molar refractivity (Wildman–Crippen MR) is 87.8 cm³/mol. The van der Waals surface area contributed by atoms with Crippen LogP contribution in [0.3, 0.4) is 0 Å². The fourth-order valence-electron chi connectivity index (χ4n) is 2.39. The molecule has 0 aliphatic carbocycles. The Labute approximate surface area is 135 Å². The van der Waals surface area contributed by atoms with E-state index in [-0.39, 0.29) is 0 Å². The van der Waals surface area contributed by atoms with Crippen LogP contribution in [0.25, 0.3) is 0 Å². The SMILES string of the molecule is CCc1ccccc1OCCC(C(=O)O)c1ccccc1Cl. The monoisotopic (exact) mass is 318 g/mol. The average Bonchev–Trinajstić information content (AvgIpc) is 2.52. The highest BCUT2D eigenvalue weighted by Crippen LogP contribution is 2.28. The van der Waals surface area contributed by atoms with E-state index in [4.69, 9.17) is 16.3 Å². The smallest absolute Gasteiger partial charge is 0.311 e. The second kappa shape index (κ2) is 7.85. The van der Waals surface area contributed by atoms with Crippen LogP contribution in [0.1, 0.15) is 30.4 Å². The number of aliphatic carboxylic acids is 1. The summed E-state index contributed by atoms with van der Waals surface area (Å²) in [6.45, 7) is 2.39. The minimum Gasteiger partial charge on any atom is -0.493 e. The van der Waals surface area contributed by atoms with Gasteiger partial charge in [0.2, 0.25) is 0 Å². The molecule has 2 aromatic rings. The van der Waals surface area contributed by atoms with Gasteiger partial charge in [-0.2, -0.15) is 0 Å². The van der Waals surface area contributed by atoms with Crippen molar-refractivity contribution < 1.29 is 14.6 Å². The van der Waals surface area contributed by atoms with E-state index in [2.05, 4.69) is 6.92 Å². The van der Waals surface area contributed by atoms with E-state index in [9.17, 15) is 9.90 Å². The summed E-state index contributed by atoms with van der Waals surface area (Å²) in [4.78, 5) is 11.5. The first-order chi connectivity index (χ1) is 10.6. The lowest BCUT2D eigenvalue weighted by Crippen LogP contribution is -2.15. The van der Waals surface area contributed by atoms with Crippen LogP contribution in [-0.2, 0) is 11.2 Å². The lowest BCUT2D eigenvalue weighted by atomic mass is 9.96. The highest BCUT2D eigenvalue weighted by atomic mass is 35.5. The molecule has 2 aromatic carbocycles. The van der Waals surface area contributed by atoms with Crippen molar-refractivity contribution in [1.29, 1.82) is 0 Å². The van der Waals surface area contributed by atoms with E-state index in [1.165, 1.54) is 0 Å². The highest BCUT2D eigenvalue weighted by Gasteiger charge is 2.22. The quantitative estimate of drug-likeness (QED) is 0.815. The Morgan fingerprint density at radius 3 is 2.55 bits per heavy atom. The van der Waals surface area contributed by atoms with E-state index in [1.54, 1.807) is 24.3 Å². The molecule has 1 atom stereocenters. The molecule has 0 aliphatic rings. The predicted octanol–water partition coefficient (Wildman–Crippen LogP) is 4.54. The molecule has 0 fully saturated rings. The molecule has 0 spiro atoms. The number of hydrogen-bond acceptors (Lipinski definition) is 2. The molecule has 22 heavy (non-hydrogen) atoms. The molecule has 0 saturated carbocycles. The summed E-state index contributed by atoms with van der Waals surface area (Å²) in [6.07, 6.45) is 1.25. The summed E-state index contributed by atoms with van der Waals surface area (Å²) >= 11 is 6.10. The van der Waals surface area contributed by atoms with Crippen molar-refractivity contribution in [3.05, 3.63) is 64.7 Å². The van der Waals surface area contributed by atoms with Gasteiger partial charge in [0.25, 0.3) is 0 Å². The number of benzene rings is 2. The van der Waals surface area contributed by atoms with Crippen LogP contribution < -0.4 is 4.74 Å². The zero-order chi connectivity index (χ0) is 15.9.